The van der Waals surface area contributed by atoms with Crippen molar-refractivity contribution in [3.8, 4) is 11.6 Å². The molecule has 0 aliphatic carbocycles. The quantitative estimate of drug-likeness (QED) is 0.644. The Hall–Kier alpha value is -2.91. The molecule has 120 valence electrons. The van der Waals surface area contributed by atoms with Crippen LogP contribution in [0.2, 0.25) is 0 Å². The minimum absolute atomic E-state index is 0.00293. The first-order valence-electron chi connectivity index (χ1n) is 6.42. The number of nitrogens with two attached hydrogens (primary N) is 1. The number of nitrogens with zero attached hydrogens (tertiary/aromatic N) is 3. The van der Waals surface area contributed by atoms with Gasteiger partial charge in [-0.15, -0.1) is 5.10 Å². The van der Waals surface area contributed by atoms with Crippen molar-refractivity contribution in [3.05, 3.63) is 47.2 Å². The molecular formula is C13H10F4N6. The molecule has 0 fully saturated rings. The molecule has 23 heavy (non-hydrogen) atoms. The maximum atomic E-state index is 13.6. The third-order valence-corrected chi connectivity index (χ3v) is 3.09. The van der Waals surface area contributed by atoms with Crippen molar-refractivity contribution in [1.82, 2.24) is 25.1 Å². The number of hydrogen-bond acceptors (Lipinski definition) is 4. The van der Waals surface area contributed by atoms with Gasteiger partial charge in [-0.05, 0) is 11.6 Å². The van der Waals surface area contributed by atoms with Crippen LogP contribution in [0.1, 0.15) is 17.1 Å². The molecule has 6 nitrogen and oxygen atoms in total. The second kappa shape index (κ2) is 5.38. The molecule has 0 atom stereocenters. The lowest BCUT2D eigenvalue weighted by Crippen LogP contribution is -2.07. The molecule has 4 N–H and O–H groups in total. The maximum absolute atomic E-state index is 13.6. The summed E-state index contributed by atoms with van der Waals surface area (Å²) < 4.78 is 51.1. The molecule has 0 aliphatic rings. The Morgan fingerprint density at radius 2 is 1.83 bits per heavy atom. The summed E-state index contributed by atoms with van der Waals surface area (Å²) in [5.74, 6) is -1.82. The molecular weight excluding hydrogens is 316 g/mol. The van der Waals surface area contributed by atoms with Gasteiger partial charge in [-0.2, -0.15) is 13.2 Å². The number of hydrogen-bond donors (Lipinski definition) is 3. The molecule has 0 aliphatic heterocycles. The molecule has 2 aromatic heterocycles. The maximum Gasteiger partial charge on any atom is 0.453 e. The van der Waals surface area contributed by atoms with E-state index in [1.54, 1.807) is 18.2 Å². The van der Waals surface area contributed by atoms with Gasteiger partial charge in [-0.1, -0.05) is 18.2 Å². The number of H-pyrrole nitrogens is 2. The first kappa shape index (κ1) is 15.0. The molecule has 3 rings (SSSR count). The Morgan fingerprint density at radius 1 is 1.09 bits per heavy atom. The van der Waals surface area contributed by atoms with Gasteiger partial charge >= 0.3 is 6.18 Å². The zero-order valence-electron chi connectivity index (χ0n) is 11.4. The van der Waals surface area contributed by atoms with Gasteiger partial charge in [0.25, 0.3) is 5.82 Å². The number of aromatic amines is 2. The van der Waals surface area contributed by atoms with E-state index in [0.29, 0.717) is 11.3 Å². The molecule has 2 heterocycles. The van der Waals surface area contributed by atoms with Crippen molar-refractivity contribution in [2.24, 2.45) is 0 Å². The fourth-order valence-electron chi connectivity index (χ4n) is 1.99. The number of alkyl halides is 3. The van der Waals surface area contributed by atoms with E-state index in [1.807, 2.05) is 0 Å². The SMILES string of the molecule is Nc1[nH]c(-c2nc(C(F)(F)F)n[nH]2)nc1Cc1ccccc1F. The molecule has 0 saturated heterocycles. The molecule has 0 amide bonds. The van der Waals surface area contributed by atoms with Crippen molar-refractivity contribution in [2.45, 2.75) is 12.6 Å². The monoisotopic (exact) mass is 326 g/mol. The zero-order chi connectivity index (χ0) is 16.6. The second-order valence-electron chi connectivity index (χ2n) is 4.72. The predicted octanol–water partition coefficient (Wildman–Crippen LogP) is 2.53. The highest BCUT2D eigenvalue weighted by Gasteiger charge is 2.36. The topological polar surface area (TPSA) is 96.3 Å². The van der Waals surface area contributed by atoms with Gasteiger partial charge < -0.3 is 10.7 Å². The number of nitrogen functional groups attached to an aromatic ring is 1. The number of anilines is 1. The van der Waals surface area contributed by atoms with Crippen LogP contribution < -0.4 is 5.73 Å². The van der Waals surface area contributed by atoms with Crippen LogP contribution in [0.4, 0.5) is 23.4 Å². The van der Waals surface area contributed by atoms with Gasteiger partial charge in [-0.25, -0.2) is 14.4 Å². The third kappa shape index (κ3) is 3.00. The highest BCUT2D eigenvalue weighted by Crippen LogP contribution is 2.27. The van der Waals surface area contributed by atoms with Crippen LogP contribution in [0.5, 0.6) is 0 Å². The largest absolute Gasteiger partial charge is 0.453 e. The summed E-state index contributed by atoms with van der Waals surface area (Å²) in [6.45, 7) is 0. The van der Waals surface area contributed by atoms with Gasteiger partial charge in [0.1, 0.15) is 11.6 Å². The fraction of sp³-hybridized carbons (Fsp3) is 0.154. The normalized spacial score (nSPS) is 11.8. The van der Waals surface area contributed by atoms with Crippen molar-refractivity contribution >= 4 is 5.82 Å². The van der Waals surface area contributed by atoms with E-state index in [1.165, 1.54) is 6.07 Å². The van der Waals surface area contributed by atoms with Gasteiger partial charge in [0.15, 0.2) is 11.6 Å². The van der Waals surface area contributed by atoms with Crippen LogP contribution in [0.15, 0.2) is 24.3 Å². The first-order chi connectivity index (χ1) is 10.8. The Labute approximate surface area is 126 Å². The smallest absolute Gasteiger partial charge is 0.384 e. The standard InChI is InChI=1S/C13H10F4N6/c14-7-4-2-1-3-6(7)5-8-9(18)20-10(19-8)11-21-12(23-22-11)13(15,16)17/h1-4H,5,18H2,(H,19,20)(H,21,22,23). The van der Waals surface area contributed by atoms with Crippen LogP contribution in [0.3, 0.4) is 0 Å². The van der Waals surface area contributed by atoms with E-state index in [9.17, 15) is 17.6 Å². The van der Waals surface area contributed by atoms with Crippen molar-refractivity contribution in [2.75, 3.05) is 5.73 Å². The lowest BCUT2D eigenvalue weighted by molar-refractivity contribution is -0.144. The first-order valence-corrected chi connectivity index (χ1v) is 6.42. The van der Waals surface area contributed by atoms with Crippen molar-refractivity contribution in [3.63, 3.8) is 0 Å². The molecule has 0 unspecified atom stereocenters. The average Bonchev–Trinajstić information content (AvgIpc) is 3.08. The molecule has 0 saturated carbocycles. The summed E-state index contributed by atoms with van der Waals surface area (Å²) >= 11 is 0. The van der Waals surface area contributed by atoms with Gasteiger partial charge in [0.05, 0.1) is 5.69 Å². The highest BCUT2D eigenvalue weighted by molar-refractivity contribution is 5.52. The molecule has 10 heteroatoms. The van der Waals surface area contributed by atoms with Crippen LogP contribution in [-0.4, -0.2) is 25.1 Å². The van der Waals surface area contributed by atoms with Crippen LogP contribution >= 0.6 is 0 Å². The van der Waals surface area contributed by atoms with Crippen molar-refractivity contribution < 1.29 is 17.6 Å². The minimum Gasteiger partial charge on any atom is -0.384 e. The molecule has 0 bridgehead atoms. The third-order valence-electron chi connectivity index (χ3n) is 3.09. The number of benzene rings is 1. The average molecular weight is 326 g/mol. The Morgan fingerprint density at radius 3 is 2.48 bits per heavy atom. The van der Waals surface area contributed by atoms with Crippen LogP contribution in [0, 0.1) is 5.82 Å². The Bertz CT molecular complexity index is 835. The molecule has 1 aromatic carbocycles. The second-order valence-corrected chi connectivity index (χ2v) is 4.72. The Balaban J connectivity index is 1.89. The summed E-state index contributed by atoms with van der Waals surface area (Å²) in [6, 6.07) is 6.07. The lowest BCUT2D eigenvalue weighted by atomic mass is 10.1. The summed E-state index contributed by atoms with van der Waals surface area (Å²) in [7, 11) is 0. The lowest BCUT2D eigenvalue weighted by Gasteiger charge is -2.00. The molecule has 0 radical (unpaired) electrons. The molecule has 3 aromatic rings. The van der Waals surface area contributed by atoms with E-state index in [4.69, 9.17) is 5.73 Å². The zero-order valence-corrected chi connectivity index (χ0v) is 11.4. The summed E-state index contributed by atoms with van der Waals surface area (Å²) in [4.78, 5) is 9.99. The van der Waals surface area contributed by atoms with E-state index in [0.717, 1.165) is 0 Å². The number of nitrogens with one attached hydrogen (secondary N) is 2. The van der Waals surface area contributed by atoms with E-state index in [-0.39, 0.29) is 23.9 Å². The van der Waals surface area contributed by atoms with E-state index >= 15 is 0 Å². The predicted molar refractivity (Wildman–Crippen MR) is 72.6 cm³/mol. The molecule has 0 spiro atoms. The highest BCUT2D eigenvalue weighted by atomic mass is 19.4. The van der Waals surface area contributed by atoms with Crippen LogP contribution in [-0.2, 0) is 12.6 Å². The fourth-order valence-corrected chi connectivity index (χ4v) is 1.99. The number of imidazole rings is 1. The van der Waals surface area contributed by atoms with Gasteiger partial charge in [0.2, 0.25) is 0 Å². The summed E-state index contributed by atoms with van der Waals surface area (Å²) in [6.07, 6.45) is -4.57. The van der Waals surface area contributed by atoms with E-state index in [2.05, 4.69) is 25.1 Å². The summed E-state index contributed by atoms with van der Waals surface area (Å²) in [5.41, 5.74) is 6.41. The Kier molecular flexibility index (Phi) is 3.51. The number of aromatic nitrogens is 5. The van der Waals surface area contributed by atoms with Gasteiger partial charge in [-0.3, -0.25) is 5.10 Å². The minimum atomic E-state index is -4.66. The van der Waals surface area contributed by atoms with Crippen LogP contribution in [0.25, 0.3) is 11.6 Å². The number of halogens is 4. The van der Waals surface area contributed by atoms with E-state index < -0.39 is 17.8 Å². The summed E-state index contributed by atoms with van der Waals surface area (Å²) in [5, 5.41) is 5.22. The number of rotatable bonds is 3. The van der Waals surface area contributed by atoms with Crippen molar-refractivity contribution in [1.29, 1.82) is 0 Å². The van der Waals surface area contributed by atoms with Gasteiger partial charge in [0, 0.05) is 6.42 Å².